The Hall–Kier alpha value is -2.58. The molecule has 0 aliphatic carbocycles. The van der Waals surface area contributed by atoms with Gasteiger partial charge in [-0.15, -0.1) is 0 Å². The maximum absolute atomic E-state index is 12.2. The number of benzene rings is 2. The number of hydrogen-bond acceptors (Lipinski definition) is 7. The standard InChI is InChI=1S/C19H17N3O3S2/c1-12-4-2-3-5-14(12)18-21-19(27-22-18)26-11-17(23)20-13-6-7-15-16(10-13)25-9-8-24-15/h2-7,10H,8-9,11H2,1H3,(H,20,23). The van der Waals surface area contributed by atoms with Crippen LogP contribution in [-0.4, -0.2) is 34.2 Å². The lowest BCUT2D eigenvalue weighted by Crippen LogP contribution is -2.17. The molecule has 1 N–H and O–H groups in total. The third kappa shape index (κ3) is 4.23. The molecule has 1 aromatic heterocycles. The van der Waals surface area contributed by atoms with Crippen LogP contribution in [0.25, 0.3) is 11.4 Å². The maximum atomic E-state index is 12.2. The van der Waals surface area contributed by atoms with Crippen molar-refractivity contribution in [2.24, 2.45) is 0 Å². The van der Waals surface area contributed by atoms with Crippen LogP contribution in [0.15, 0.2) is 46.8 Å². The fourth-order valence-electron chi connectivity index (χ4n) is 2.65. The molecule has 3 aromatic rings. The Labute approximate surface area is 165 Å². The molecule has 1 aliphatic heterocycles. The number of thioether (sulfide) groups is 1. The smallest absolute Gasteiger partial charge is 0.234 e. The zero-order valence-electron chi connectivity index (χ0n) is 14.6. The topological polar surface area (TPSA) is 73.3 Å². The lowest BCUT2D eigenvalue weighted by Gasteiger charge is -2.18. The van der Waals surface area contributed by atoms with E-state index in [4.69, 9.17) is 9.47 Å². The van der Waals surface area contributed by atoms with Gasteiger partial charge >= 0.3 is 0 Å². The van der Waals surface area contributed by atoms with Gasteiger partial charge in [-0.2, -0.15) is 4.37 Å². The van der Waals surface area contributed by atoms with Gasteiger partial charge in [0.25, 0.3) is 0 Å². The van der Waals surface area contributed by atoms with E-state index in [0.717, 1.165) is 15.5 Å². The van der Waals surface area contributed by atoms with Gasteiger partial charge in [0.2, 0.25) is 5.91 Å². The second-order valence-electron chi connectivity index (χ2n) is 5.89. The van der Waals surface area contributed by atoms with Crippen LogP contribution < -0.4 is 14.8 Å². The number of amides is 1. The van der Waals surface area contributed by atoms with Crippen LogP contribution in [0.1, 0.15) is 5.56 Å². The number of fused-ring (bicyclic) bond motifs is 1. The van der Waals surface area contributed by atoms with Crippen LogP contribution in [0.2, 0.25) is 0 Å². The van der Waals surface area contributed by atoms with Crippen molar-refractivity contribution < 1.29 is 14.3 Å². The highest BCUT2D eigenvalue weighted by Gasteiger charge is 2.14. The van der Waals surface area contributed by atoms with Crippen LogP contribution in [0.5, 0.6) is 11.5 Å². The zero-order valence-corrected chi connectivity index (χ0v) is 16.2. The minimum Gasteiger partial charge on any atom is -0.486 e. The van der Waals surface area contributed by atoms with Crippen LogP contribution in [0.3, 0.4) is 0 Å². The van der Waals surface area contributed by atoms with Gasteiger partial charge in [-0.1, -0.05) is 36.0 Å². The van der Waals surface area contributed by atoms with Crippen molar-refractivity contribution in [3.63, 3.8) is 0 Å². The Balaban J connectivity index is 1.35. The first-order valence-corrected chi connectivity index (χ1v) is 10.2. The lowest BCUT2D eigenvalue weighted by atomic mass is 10.1. The molecule has 0 radical (unpaired) electrons. The Morgan fingerprint density at radius 3 is 2.85 bits per heavy atom. The van der Waals surface area contributed by atoms with Crippen molar-refractivity contribution in [2.45, 2.75) is 11.3 Å². The second kappa shape index (κ2) is 7.98. The van der Waals surface area contributed by atoms with Crippen molar-refractivity contribution in [1.29, 1.82) is 0 Å². The maximum Gasteiger partial charge on any atom is 0.234 e. The molecule has 1 amide bonds. The van der Waals surface area contributed by atoms with Gasteiger partial charge in [-0.25, -0.2) is 4.98 Å². The number of nitrogens with zero attached hydrogens (tertiary/aromatic N) is 2. The van der Waals surface area contributed by atoms with Gasteiger partial charge < -0.3 is 14.8 Å². The average Bonchev–Trinajstić information content (AvgIpc) is 3.15. The summed E-state index contributed by atoms with van der Waals surface area (Å²) in [6.07, 6.45) is 0. The summed E-state index contributed by atoms with van der Waals surface area (Å²) in [7, 11) is 0. The molecule has 0 spiro atoms. The first-order chi connectivity index (χ1) is 13.2. The molecular formula is C19H17N3O3S2. The molecule has 0 saturated heterocycles. The minimum atomic E-state index is -0.107. The van der Waals surface area contributed by atoms with Crippen LogP contribution in [0.4, 0.5) is 5.69 Å². The van der Waals surface area contributed by atoms with Crippen LogP contribution >= 0.6 is 23.3 Å². The normalized spacial score (nSPS) is 12.6. The number of nitrogens with one attached hydrogen (secondary N) is 1. The SMILES string of the molecule is Cc1ccccc1-c1nsc(SCC(=O)Nc2ccc3c(c2)OCCO3)n1. The monoisotopic (exact) mass is 399 g/mol. The zero-order chi connectivity index (χ0) is 18.6. The Kier molecular flexibility index (Phi) is 5.26. The molecule has 6 nitrogen and oxygen atoms in total. The summed E-state index contributed by atoms with van der Waals surface area (Å²) < 4.78 is 16.2. The first-order valence-electron chi connectivity index (χ1n) is 8.41. The molecule has 138 valence electrons. The lowest BCUT2D eigenvalue weighted by molar-refractivity contribution is -0.113. The summed E-state index contributed by atoms with van der Waals surface area (Å²) in [5.41, 5.74) is 2.83. The van der Waals surface area contributed by atoms with Gasteiger partial charge in [0.15, 0.2) is 21.7 Å². The van der Waals surface area contributed by atoms with E-state index >= 15 is 0 Å². The number of carbonyl (C=O) groups is 1. The molecule has 0 atom stereocenters. The van der Waals surface area contributed by atoms with Crippen molar-refractivity contribution >= 4 is 34.9 Å². The van der Waals surface area contributed by atoms with E-state index in [1.165, 1.54) is 23.3 Å². The van der Waals surface area contributed by atoms with E-state index in [0.29, 0.717) is 36.2 Å². The predicted molar refractivity (Wildman–Crippen MR) is 107 cm³/mol. The van der Waals surface area contributed by atoms with E-state index in [1.807, 2.05) is 31.2 Å². The van der Waals surface area contributed by atoms with Gasteiger partial charge in [0.05, 0.1) is 5.75 Å². The van der Waals surface area contributed by atoms with E-state index in [2.05, 4.69) is 14.7 Å². The summed E-state index contributed by atoms with van der Waals surface area (Å²) in [6, 6.07) is 13.4. The molecule has 8 heteroatoms. The summed E-state index contributed by atoms with van der Waals surface area (Å²) in [4.78, 5) is 16.8. The summed E-state index contributed by atoms with van der Waals surface area (Å²) in [5.74, 6) is 2.21. The highest BCUT2D eigenvalue weighted by molar-refractivity contribution is 8.01. The second-order valence-corrected chi connectivity index (χ2v) is 7.87. The molecule has 2 aromatic carbocycles. The van der Waals surface area contributed by atoms with Gasteiger partial charge in [0.1, 0.15) is 13.2 Å². The highest BCUT2D eigenvalue weighted by Crippen LogP contribution is 2.33. The van der Waals surface area contributed by atoms with E-state index in [-0.39, 0.29) is 11.7 Å². The van der Waals surface area contributed by atoms with Gasteiger partial charge in [-0.05, 0) is 36.2 Å². The number of aromatic nitrogens is 2. The number of anilines is 1. The van der Waals surface area contributed by atoms with Crippen LogP contribution in [0, 0.1) is 6.92 Å². The van der Waals surface area contributed by atoms with E-state index in [9.17, 15) is 4.79 Å². The highest BCUT2D eigenvalue weighted by atomic mass is 32.2. The number of aryl methyl sites for hydroxylation is 1. The Morgan fingerprint density at radius 1 is 1.19 bits per heavy atom. The molecule has 0 saturated carbocycles. The third-order valence-corrected chi connectivity index (χ3v) is 5.78. The summed E-state index contributed by atoms with van der Waals surface area (Å²) in [6.45, 7) is 3.09. The number of hydrogen-bond donors (Lipinski definition) is 1. The third-order valence-electron chi connectivity index (χ3n) is 3.95. The quantitative estimate of drug-likeness (QED) is 0.654. The molecule has 2 heterocycles. The molecule has 0 fully saturated rings. The van der Waals surface area contributed by atoms with Gasteiger partial charge in [0, 0.05) is 17.3 Å². The van der Waals surface area contributed by atoms with Crippen molar-refractivity contribution in [1.82, 2.24) is 9.36 Å². The number of ether oxygens (including phenoxy) is 2. The van der Waals surface area contributed by atoms with E-state index in [1.54, 1.807) is 18.2 Å². The van der Waals surface area contributed by atoms with Crippen molar-refractivity contribution in [2.75, 3.05) is 24.3 Å². The molecular weight excluding hydrogens is 382 g/mol. The summed E-state index contributed by atoms with van der Waals surface area (Å²) >= 11 is 2.68. The predicted octanol–water partition coefficient (Wildman–Crippen LogP) is 4.02. The Bertz CT molecular complexity index is 974. The van der Waals surface area contributed by atoms with E-state index < -0.39 is 0 Å². The molecule has 0 bridgehead atoms. The first kappa shape index (κ1) is 17.8. The average molecular weight is 399 g/mol. The van der Waals surface area contributed by atoms with Gasteiger partial charge in [-0.3, -0.25) is 4.79 Å². The van der Waals surface area contributed by atoms with Crippen molar-refractivity contribution in [3.8, 4) is 22.9 Å². The molecule has 4 rings (SSSR count). The fraction of sp³-hybridized carbons (Fsp3) is 0.211. The van der Waals surface area contributed by atoms with Crippen molar-refractivity contribution in [3.05, 3.63) is 48.0 Å². The fourth-order valence-corrected chi connectivity index (χ4v) is 4.06. The molecule has 1 aliphatic rings. The molecule has 27 heavy (non-hydrogen) atoms. The minimum absolute atomic E-state index is 0.107. The number of carbonyl (C=O) groups excluding carboxylic acids is 1. The van der Waals surface area contributed by atoms with Crippen LogP contribution in [-0.2, 0) is 4.79 Å². The largest absolute Gasteiger partial charge is 0.486 e. The molecule has 0 unspecified atom stereocenters. The number of rotatable bonds is 5. The summed E-state index contributed by atoms with van der Waals surface area (Å²) in [5, 5.41) is 2.87. The Morgan fingerprint density at radius 2 is 2.00 bits per heavy atom.